The van der Waals surface area contributed by atoms with E-state index in [9.17, 15) is 9.90 Å². The molecule has 224 valence electrons. The first kappa shape index (κ1) is 33.3. The van der Waals surface area contributed by atoms with Gasteiger partial charge in [-0.2, -0.15) is 0 Å². The quantitative estimate of drug-likeness (QED) is 0.233. The van der Waals surface area contributed by atoms with Crippen LogP contribution in [0.5, 0.6) is 11.5 Å². The molecular weight excluding hydrogens is 496 g/mol. The van der Waals surface area contributed by atoms with Crippen LogP contribution in [-0.2, 0) is 20.7 Å². The molecule has 1 aromatic carbocycles. The molecule has 1 fully saturated rings. The van der Waals surface area contributed by atoms with Crippen molar-refractivity contribution in [3.05, 3.63) is 23.8 Å². The van der Waals surface area contributed by atoms with Crippen LogP contribution in [-0.4, -0.2) is 69.8 Å². The standard InChI is InChI=1S/C31H54N2O6/c1-21(2)24(16-23-11-12-29(37-6)30(17-23)39-15-9-13-36-5)18-27(32)28(34)19-26(22(3)4)31(35)33-20-25-10-7-8-14-38-25/h11-12,17,21-22,24-28,34H,7-10,13-16,18-20,32H2,1-6H3,(H,33,35)/t24?,25-,26?,27?,28?/m1/s1. The first-order valence-corrected chi connectivity index (χ1v) is 14.8. The molecule has 0 aromatic heterocycles. The van der Waals surface area contributed by atoms with Crippen LogP contribution in [0.3, 0.4) is 0 Å². The topological polar surface area (TPSA) is 112 Å². The second-order valence-corrected chi connectivity index (χ2v) is 11.7. The minimum Gasteiger partial charge on any atom is -0.493 e. The number of carbonyl (C=O) groups excluding carboxylic acids is 1. The van der Waals surface area contributed by atoms with Crippen LogP contribution in [0.25, 0.3) is 0 Å². The number of hydrogen-bond acceptors (Lipinski definition) is 7. The van der Waals surface area contributed by atoms with Gasteiger partial charge in [-0.15, -0.1) is 0 Å². The molecule has 0 saturated carbocycles. The fourth-order valence-electron chi connectivity index (χ4n) is 5.18. The third-order valence-corrected chi connectivity index (χ3v) is 7.90. The van der Waals surface area contributed by atoms with Crippen LogP contribution in [0.2, 0.25) is 0 Å². The monoisotopic (exact) mass is 550 g/mol. The van der Waals surface area contributed by atoms with Crippen LogP contribution < -0.4 is 20.5 Å². The van der Waals surface area contributed by atoms with Gasteiger partial charge in [-0.3, -0.25) is 4.79 Å². The van der Waals surface area contributed by atoms with Crippen molar-refractivity contribution in [2.45, 2.75) is 90.9 Å². The van der Waals surface area contributed by atoms with Gasteiger partial charge >= 0.3 is 0 Å². The minimum absolute atomic E-state index is 0.0258. The van der Waals surface area contributed by atoms with Crippen LogP contribution >= 0.6 is 0 Å². The summed E-state index contributed by atoms with van der Waals surface area (Å²) in [4.78, 5) is 13.0. The molecule has 8 nitrogen and oxygen atoms in total. The number of aliphatic hydroxyl groups is 1. The van der Waals surface area contributed by atoms with E-state index in [0.29, 0.717) is 44.3 Å². The third kappa shape index (κ3) is 11.6. The summed E-state index contributed by atoms with van der Waals surface area (Å²) in [6, 6.07) is 5.62. The lowest BCUT2D eigenvalue weighted by Gasteiger charge is -2.30. The number of rotatable bonds is 18. The van der Waals surface area contributed by atoms with Crippen molar-refractivity contribution in [3.63, 3.8) is 0 Å². The molecule has 1 aliphatic rings. The summed E-state index contributed by atoms with van der Waals surface area (Å²) in [5, 5.41) is 14.1. The Labute approximate surface area is 236 Å². The zero-order valence-electron chi connectivity index (χ0n) is 25.1. The maximum Gasteiger partial charge on any atom is 0.223 e. The molecule has 1 amide bonds. The lowest BCUT2D eigenvalue weighted by atomic mass is 9.81. The first-order valence-electron chi connectivity index (χ1n) is 14.8. The Hall–Kier alpha value is -1.87. The predicted molar refractivity (Wildman–Crippen MR) is 155 cm³/mol. The summed E-state index contributed by atoms with van der Waals surface area (Å²) in [6.07, 6.45) is 5.16. The largest absolute Gasteiger partial charge is 0.493 e. The average molecular weight is 551 g/mol. The number of amides is 1. The highest BCUT2D eigenvalue weighted by Crippen LogP contribution is 2.32. The molecule has 1 heterocycles. The Bertz CT molecular complexity index is 827. The van der Waals surface area contributed by atoms with E-state index in [1.165, 1.54) is 0 Å². The molecule has 0 aliphatic carbocycles. The summed E-state index contributed by atoms with van der Waals surface area (Å²) in [6.45, 7) is 10.9. The zero-order chi connectivity index (χ0) is 28.8. The number of methoxy groups -OCH3 is 2. The molecule has 8 heteroatoms. The van der Waals surface area contributed by atoms with E-state index in [1.54, 1.807) is 14.2 Å². The molecule has 0 radical (unpaired) electrons. The van der Waals surface area contributed by atoms with E-state index >= 15 is 0 Å². The maximum atomic E-state index is 13.0. The first-order chi connectivity index (χ1) is 18.7. The molecule has 4 N–H and O–H groups in total. The van der Waals surface area contributed by atoms with E-state index in [0.717, 1.165) is 50.0 Å². The highest BCUT2D eigenvalue weighted by atomic mass is 16.5. The predicted octanol–water partition coefficient (Wildman–Crippen LogP) is 4.35. The van der Waals surface area contributed by atoms with Crippen LogP contribution in [0.4, 0.5) is 0 Å². The second kappa shape index (κ2) is 17.7. The van der Waals surface area contributed by atoms with Gasteiger partial charge in [-0.1, -0.05) is 33.8 Å². The number of nitrogens with two attached hydrogens (primary N) is 1. The highest BCUT2D eigenvalue weighted by molar-refractivity contribution is 5.78. The second-order valence-electron chi connectivity index (χ2n) is 11.7. The average Bonchev–Trinajstić information content (AvgIpc) is 2.92. The molecule has 0 bridgehead atoms. The zero-order valence-corrected chi connectivity index (χ0v) is 25.1. The molecule has 5 atom stereocenters. The van der Waals surface area contributed by atoms with Crippen molar-refractivity contribution < 1.29 is 28.8 Å². The van der Waals surface area contributed by atoms with Crippen molar-refractivity contribution in [1.82, 2.24) is 5.32 Å². The van der Waals surface area contributed by atoms with Gasteiger partial charge in [0.1, 0.15) is 0 Å². The van der Waals surface area contributed by atoms with Gasteiger partial charge in [0.2, 0.25) is 5.91 Å². The van der Waals surface area contributed by atoms with Crippen molar-refractivity contribution in [1.29, 1.82) is 0 Å². The van der Waals surface area contributed by atoms with Gasteiger partial charge in [0.25, 0.3) is 0 Å². The SMILES string of the molecule is COCCCOc1cc(CC(CC(N)C(O)CC(C(=O)NC[C@H]2CCCCO2)C(C)C)C(C)C)ccc1OC. The van der Waals surface area contributed by atoms with E-state index in [-0.39, 0.29) is 29.8 Å². The fraction of sp³-hybridized carbons (Fsp3) is 0.774. The van der Waals surface area contributed by atoms with Crippen molar-refractivity contribution >= 4 is 5.91 Å². The van der Waals surface area contributed by atoms with Crippen molar-refractivity contribution in [3.8, 4) is 11.5 Å². The van der Waals surface area contributed by atoms with Crippen LogP contribution in [0.15, 0.2) is 18.2 Å². The Morgan fingerprint density at radius 3 is 2.49 bits per heavy atom. The van der Waals surface area contributed by atoms with Gasteiger partial charge in [-0.25, -0.2) is 0 Å². The molecule has 0 spiro atoms. The Kier molecular flexibility index (Phi) is 15.2. The van der Waals surface area contributed by atoms with E-state index in [4.69, 9.17) is 24.7 Å². The Morgan fingerprint density at radius 1 is 1.10 bits per heavy atom. The van der Waals surface area contributed by atoms with E-state index in [1.807, 2.05) is 26.0 Å². The fourth-order valence-corrected chi connectivity index (χ4v) is 5.18. The van der Waals surface area contributed by atoms with Crippen molar-refractivity contribution in [2.24, 2.45) is 29.4 Å². The number of hydrogen-bond donors (Lipinski definition) is 3. The Morgan fingerprint density at radius 2 is 1.87 bits per heavy atom. The maximum absolute atomic E-state index is 13.0. The Balaban J connectivity index is 1.97. The summed E-state index contributed by atoms with van der Waals surface area (Å²) in [5.41, 5.74) is 7.70. The van der Waals surface area contributed by atoms with E-state index in [2.05, 4.69) is 25.2 Å². The van der Waals surface area contributed by atoms with Gasteiger partial charge in [0.15, 0.2) is 11.5 Å². The smallest absolute Gasteiger partial charge is 0.223 e. The lowest BCUT2D eigenvalue weighted by molar-refractivity contribution is -0.128. The number of ether oxygens (including phenoxy) is 4. The number of nitrogens with one attached hydrogen (secondary N) is 1. The number of aliphatic hydroxyl groups excluding tert-OH is 1. The molecule has 1 saturated heterocycles. The molecule has 2 rings (SSSR count). The molecule has 1 aromatic rings. The highest BCUT2D eigenvalue weighted by Gasteiger charge is 2.30. The third-order valence-electron chi connectivity index (χ3n) is 7.90. The summed E-state index contributed by atoms with van der Waals surface area (Å²) in [7, 11) is 3.32. The molecule has 1 aliphatic heterocycles. The van der Waals surface area contributed by atoms with Crippen LogP contribution in [0.1, 0.15) is 71.8 Å². The molecule has 39 heavy (non-hydrogen) atoms. The number of carbonyl (C=O) groups is 1. The van der Waals surface area contributed by atoms with Gasteiger partial charge < -0.3 is 35.1 Å². The van der Waals surface area contributed by atoms with Crippen molar-refractivity contribution in [2.75, 3.05) is 40.6 Å². The van der Waals surface area contributed by atoms with Gasteiger partial charge in [0.05, 0.1) is 25.9 Å². The lowest BCUT2D eigenvalue weighted by Crippen LogP contribution is -2.44. The normalized spacial score (nSPS) is 19.0. The van der Waals surface area contributed by atoms with E-state index < -0.39 is 12.1 Å². The summed E-state index contributed by atoms with van der Waals surface area (Å²) < 4.78 is 22.3. The molecular formula is C31H54N2O6. The summed E-state index contributed by atoms with van der Waals surface area (Å²) >= 11 is 0. The minimum atomic E-state index is -0.758. The number of benzene rings is 1. The summed E-state index contributed by atoms with van der Waals surface area (Å²) in [5.74, 6) is 1.84. The van der Waals surface area contributed by atoms with Crippen LogP contribution in [0, 0.1) is 23.7 Å². The van der Waals surface area contributed by atoms with Gasteiger partial charge in [-0.05, 0) is 74.0 Å². The molecule has 4 unspecified atom stereocenters. The van der Waals surface area contributed by atoms with Gasteiger partial charge in [0, 0.05) is 45.2 Å².